The molecular weight excluding hydrogens is 550 g/mol. The third-order valence-corrected chi connectivity index (χ3v) is 6.97. The van der Waals surface area contributed by atoms with Crippen molar-refractivity contribution in [1.29, 1.82) is 0 Å². The fourth-order valence-corrected chi connectivity index (χ4v) is 4.50. The monoisotopic (exact) mass is 597 g/mol. The largest absolute Gasteiger partial charge is 0.508 e. The first-order valence-electron chi connectivity index (χ1n) is 14.7. The van der Waals surface area contributed by atoms with Gasteiger partial charge in [-0.1, -0.05) is 78.1 Å². The SMILES string of the molecule is CCCCCCCCOC(=O)OCC(COC(=O)OCCCCCCCC)OCn1cnc2c(SC)nc(N)nc21. The third-order valence-electron chi connectivity index (χ3n) is 6.30. The van der Waals surface area contributed by atoms with Crippen molar-refractivity contribution in [3.63, 3.8) is 0 Å². The number of carbonyl (C=O) groups excluding carboxylic acids is 2. The average Bonchev–Trinajstić information content (AvgIpc) is 3.37. The number of fused-ring (bicyclic) bond motifs is 1. The molecular formula is C28H47N5O7S. The van der Waals surface area contributed by atoms with Crippen molar-refractivity contribution in [2.45, 2.75) is 109 Å². The Morgan fingerprint density at radius 1 is 0.829 bits per heavy atom. The molecule has 2 heterocycles. The highest BCUT2D eigenvalue weighted by Crippen LogP contribution is 2.23. The van der Waals surface area contributed by atoms with E-state index in [4.69, 9.17) is 29.4 Å². The highest BCUT2D eigenvalue weighted by Gasteiger charge is 2.19. The van der Waals surface area contributed by atoms with Crippen molar-refractivity contribution >= 4 is 41.2 Å². The summed E-state index contributed by atoms with van der Waals surface area (Å²) in [5.74, 6) is 0.119. The van der Waals surface area contributed by atoms with E-state index < -0.39 is 18.4 Å². The molecule has 0 aliphatic carbocycles. The van der Waals surface area contributed by atoms with Gasteiger partial charge in [-0.3, -0.25) is 4.57 Å². The van der Waals surface area contributed by atoms with E-state index in [-0.39, 0.29) is 39.1 Å². The molecule has 2 rings (SSSR count). The number of ether oxygens (including phenoxy) is 5. The van der Waals surface area contributed by atoms with E-state index >= 15 is 0 Å². The standard InChI is InChI=1S/C28H47N5O7S/c1-4-6-8-10-12-14-16-36-27(34)38-18-22(19-39-28(35)37-17-15-13-11-9-7-5-2)40-21-33-20-30-23-24(33)31-26(29)32-25(23)41-3/h20,22H,4-19,21H2,1-3H3,(H2,29,31,32). The van der Waals surface area contributed by atoms with Gasteiger partial charge in [0, 0.05) is 0 Å². The Hall–Kier alpha value is -2.80. The zero-order valence-electron chi connectivity index (χ0n) is 24.8. The summed E-state index contributed by atoms with van der Waals surface area (Å²) in [6.07, 6.45) is 14.0. The number of anilines is 1. The van der Waals surface area contributed by atoms with Gasteiger partial charge in [-0.15, -0.1) is 11.8 Å². The number of nitrogens with zero attached hydrogens (tertiary/aromatic N) is 4. The normalized spacial score (nSPS) is 11.2. The second-order valence-electron chi connectivity index (χ2n) is 9.75. The van der Waals surface area contributed by atoms with Gasteiger partial charge in [-0.05, 0) is 19.1 Å². The van der Waals surface area contributed by atoms with E-state index in [1.807, 2.05) is 6.26 Å². The molecule has 0 saturated carbocycles. The van der Waals surface area contributed by atoms with Crippen LogP contribution in [-0.4, -0.2) is 70.6 Å². The molecule has 0 saturated heterocycles. The molecule has 232 valence electrons. The molecule has 0 aliphatic heterocycles. The summed E-state index contributed by atoms with van der Waals surface area (Å²) >= 11 is 1.41. The van der Waals surface area contributed by atoms with Crippen molar-refractivity contribution in [2.75, 3.05) is 38.4 Å². The van der Waals surface area contributed by atoms with Crippen LogP contribution in [-0.2, 0) is 30.4 Å². The Morgan fingerprint density at radius 3 is 1.90 bits per heavy atom. The Labute approximate surface area is 247 Å². The summed E-state index contributed by atoms with van der Waals surface area (Å²) < 4.78 is 28.4. The van der Waals surface area contributed by atoms with Gasteiger partial charge >= 0.3 is 12.3 Å². The minimum absolute atomic E-state index is 0.00221. The van der Waals surface area contributed by atoms with Crippen LogP contribution in [0.25, 0.3) is 11.2 Å². The molecule has 41 heavy (non-hydrogen) atoms. The highest BCUT2D eigenvalue weighted by atomic mass is 32.2. The smallest absolute Gasteiger partial charge is 0.434 e. The van der Waals surface area contributed by atoms with Crippen LogP contribution in [0.4, 0.5) is 15.5 Å². The molecule has 2 aromatic rings. The summed E-state index contributed by atoms with van der Waals surface area (Å²) in [6.45, 7) is 4.56. The van der Waals surface area contributed by atoms with E-state index in [1.165, 1.54) is 50.3 Å². The number of aromatic nitrogens is 4. The molecule has 0 fully saturated rings. The van der Waals surface area contributed by atoms with Gasteiger partial charge in [0.05, 0.1) is 19.5 Å². The number of carbonyl (C=O) groups is 2. The van der Waals surface area contributed by atoms with Crippen LogP contribution in [0.15, 0.2) is 11.4 Å². The van der Waals surface area contributed by atoms with Crippen molar-refractivity contribution in [3.05, 3.63) is 6.33 Å². The van der Waals surface area contributed by atoms with Crippen LogP contribution < -0.4 is 5.73 Å². The number of nitrogen functional groups attached to an aromatic ring is 1. The molecule has 0 bridgehead atoms. The van der Waals surface area contributed by atoms with Gasteiger partial charge in [0.25, 0.3) is 0 Å². The minimum Gasteiger partial charge on any atom is -0.434 e. The van der Waals surface area contributed by atoms with Gasteiger partial charge in [0.2, 0.25) is 5.95 Å². The number of hydrogen-bond donors (Lipinski definition) is 1. The number of hydrogen-bond acceptors (Lipinski definition) is 12. The summed E-state index contributed by atoms with van der Waals surface area (Å²) in [7, 11) is 0. The Kier molecular flexibility index (Phi) is 17.6. The molecule has 13 heteroatoms. The fraction of sp³-hybridized carbons (Fsp3) is 0.750. The molecule has 0 radical (unpaired) electrons. The maximum atomic E-state index is 12.1. The number of nitrogens with two attached hydrogens (primary N) is 1. The van der Waals surface area contributed by atoms with Crippen molar-refractivity contribution in [1.82, 2.24) is 19.5 Å². The van der Waals surface area contributed by atoms with E-state index in [0.29, 0.717) is 16.2 Å². The Bertz CT molecular complexity index is 989. The number of thioether (sulfide) groups is 1. The first-order chi connectivity index (χ1) is 20.0. The number of imidazole rings is 1. The lowest BCUT2D eigenvalue weighted by molar-refractivity contribution is -0.0712. The van der Waals surface area contributed by atoms with Crippen LogP contribution in [0.1, 0.15) is 90.9 Å². The molecule has 0 unspecified atom stereocenters. The van der Waals surface area contributed by atoms with Gasteiger partial charge in [-0.25, -0.2) is 19.6 Å². The van der Waals surface area contributed by atoms with Crippen LogP contribution in [0, 0.1) is 0 Å². The van der Waals surface area contributed by atoms with Crippen molar-refractivity contribution in [2.24, 2.45) is 0 Å². The first-order valence-corrected chi connectivity index (χ1v) is 15.9. The molecule has 0 aliphatic rings. The quantitative estimate of drug-likeness (QED) is 0.0683. The summed E-state index contributed by atoms with van der Waals surface area (Å²) in [5, 5.41) is 0.649. The molecule has 0 atom stereocenters. The van der Waals surface area contributed by atoms with Gasteiger partial charge in [-0.2, -0.15) is 4.98 Å². The second-order valence-corrected chi connectivity index (χ2v) is 10.5. The lowest BCUT2D eigenvalue weighted by Gasteiger charge is -2.18. The lowest BCUT2D eigenvalue weighted by Crippen LogP contribution is -2.30. The van der Waals surface area contributed by atoms with Crippen LogP contribution in [0.2, 0.25) is 0 Å². The highest BCUT2D eigenvalue weighted by molar-refractivity contribution is 7.98. The molecule has 0 spiro atoms. The lowest BCUT2D eigenvalue weighted by atomic mass is 10.1. The van der Waals surface area contributed by atoms with Crippen molar-refractivity contribution in [3.8, 4) is 0 Å². The first kappa shape index (κ1) is 34.4. The second kappa shape index (κ2) is 21.0. The molecule has 2 N–H and O–H groups in total. The topological polar surface area (TPSA) is 150 Å². The predicted molar refractivity (Wildman–Crippen MR) is 158 cm³/mol. The van der Waals surface area contributed by atoms with Crippen molar-refractivity contribution < 1.29 is 33.3 Å². The third kappa shape index (κ3) is 14.1. The molecule has 2 aromatic heterocycles. The van der Waals surface area contributed by atoms with Gasteiger partial charge in [0.1, 0.15) is 36.6 Å². The zero-order chi connectivity index (χ0) is 29.7. The van der Waals surface area contributed by atoms with Crippen LogP contribution in [0.5, 0.6) is 0 Å². The molecule has 0 amide bonds. The number of unbranched alkanes of at least 4 members (excludes halogenated alkanes) is 10. The molecule has 0 aromatic carbocycles. The maximum Gasteiger partial charge on any atom is 0.508 e. The Balaban J connectivity index is 1.85. The summed E-state index contributed by atoms with van der Waals surface area (Å²) in [5.41, 5.74) is 6.94. The van der Waals surface area contributed by atoms with E-state index in [9.17, 15) is 9.59 Å². The van der Waals surface area contributed by atoms with Crippen LogP contribution in [0.3, 0.4) is 0 Å². The summed E-state index contributed by atoms with van der Waals surface area (Å²) in [4.78, 5) is 37.1. The fourth-order valence-electron chi connectivity index (χ4n) is 3.98. The van der Waals surface area contributed by atoms with Gasteiger partial charge in [0.15, 0.2) is 5.65 Å². The van der Waals surface area contributed by atoms with E-state index in [1.54, 1.807) is 10.9 Å². The number of rotatable bonds is 22. The predicted octanol–water partition coefficient (Wildman–Crippen LogP) is 6.50. The molecule has 12 nitrogen and oxygen atoms in total. The minimum atomic E-state index is -0.795. The maximum absolute atomic E-state index is 12.1. The van der Waals surface area contributed by atoms with E-state index in [2.05, 4.69) is 28.8 Å². The average molecular weight is 598 g/mol. The van der Waals surface area contributed by atoms with Gasteiger partial charge < -0.3 is 29.4 Å². The van der Waals surface area contributed by atoms with E-state index in [0.717, 1.165) is 38.5 Å². The van der Waals surface area contributed by atoms with Crippen LogP contribution >= 0.6 is 11.8 Å². The summed E-state index contributed by atoms with van der Waals surface area (Å²) in [6, 6.07) is 0. The Morgan fingerprint density at radius 2 is 1.37 bits per heavy atom. The zero-order valence-corrected chi connectivity index (χ0v) is 25.6.